The van der Waals surface area contributed by atoms with Crippen LogP contribution in [0.1, 0.15) is 22.3 Å². The predicted molar refractivity (Wildman–Crippen MR) is 125 cm³/mol. The lowest BCUT2D eigenvalue weighted by atomic mass is 9.78. The van der Waals surface area contributed by atoms with Gasteiger partial charge in [0, 0.05) is 19.1 Å². The second kappa shape index (κ2) is 10.5. The summed E-state index contributed by atoms with van der Waals surface area (Å²) in [6.07, 6.45) is 1.88. The van der Waals surface area contributed by atoms with E-state index in [-0.39, 0.29) is 5.41 Å². The summed E-state index contributed by atoms with van der Waals surface area (Å²) >= 11 is 0. The van der Waals surface area contributed by atoms with Gasteiger partial charge in [0.25, 0.3) is 0 Å². The third kappa shape index (κ3) is 6.14. The van der Waals surface area contributed by atoms with Gasteiger partial charge in [-0.25, -0.2) is 0 Å². The molecule has 3 aromatic rings. The fourth-order valence-corrected chi connectivity index (χ4v) is 5.50. The van der Waals surface area contributed by atoms with Crippen molar-refractivity contribution in [1.29, 1.82) is 0 Å². The lowest BCUT2D eigenvalue weighted by molar-refractivity contribution is 0.0398. The molecule has 3 aromatic carbocycles. The van der Waals surface area contributed by atoms with Crippen molar-refractivity contribution >= 4 is 14.9 Å². The average Bonchev–Trinajstić information content (AvgIpc) is 2.73. The van der Waals surface area contributed by atoms with Crippen LogP contribution in [-0.4, -0.2) is 30.1 Å². The number of ether oxygens (including phenoxy) is 1. The Morgan fingerprint density at radius 3 is 1.86 bits per heavy atom. The highest BCUT2D eigenvalue weighted by atomic mass is 28.2. The van der Waals surface area contributed by atoms with Crippen molar-refractivity contribution in [2.24, 2.45) is 5.41 Å². The molecule has 0 atom stereocenters. The summed E-state index contributed by atoms with van der Waals surface area (Å²) in [5.41, 5.74) is 5.30. The highest BCUT2D eigenvalue weighted by Gasteiger charge is 2.31. The van der Waals surface area contributed by atoms with Crippen LogP contribution in [0.15, 0.2) is 78.9 Å². The molecule has 152 valence electrons. The molecule has 0 saturated carbocycles. The lowest BCUT2D eigenvalue weighted by Gasteiger charge is -2.34. The van der Waals surface area contributed by atoms with Crippen LogP contribution in [0, 0.1) is 19.3 Å². The second-order valence-corrected chi connectivity index (χ2v) is 9.57. The third-order valence-electron chi connectivity index (χ3n) is 5.68. The number of hydrogen-bond acceptors (Lipinski definition) is 2. The van der Waals surface area contributed by atoms with Crippen LogP contribution in [0.2, 0.25) is 0 Å². The maximum atomic E-state index is 6.48. The molecule has 0 aliphatic heterocycles. The zero-order valence-electron chi connectivity index (χ0n) is 17.9. The van der Waals surface area contributed by atoms with Crippen LogP contribution in [0.25, 0.3) is 0 Å². The Morgan fingerprint density at radius 2 is 1.31 bits per heavy atom. The molecular weight excluding hydrogens is 372 g/mol. The van der Waals surface area contributed by atoms with Crippen LogP contribution in [0.4, 0.5) is 0 Å². The SMILES string of the molecule is COCC(CO[SiH2]c1cccc(C)c1C)(Cc1ccccc1)Cc1ccccc1. The molecule has 0 N–H and O–H groups in total. The van der Waals surface area contributed by atoms with Gasteiger partial charge in [-0.2, -0.15) is 0 Å². The molecule has 0 aliphatic rings. The van der Waals surface area contributed by atoms with E-state index in [4.69, 9.17) is 9.16 Å². The second-order valence-electron chi connectivity index (χ2n) is 8.11. The summed E-state index contributed by atoms with van der Waals surface area (Å²) < 4.78 is 12.2. The van der Waals surface area contributed by atoms with Crippen molar-refractivity contribution < 1.29 is 9.16 Å². The van der Waals surface area contributed by atoms with Gasteiger partial charge in [0.05, 0.1) is 6.61 Å². The first-order valence-corrected chi connectivity index (χ1v) is 11.6. The summed E-state index contributed by atoms with van der Waals surface area (Å²) in [7, 11) is 1.01. The van der Waals surface area contributed by atoms with E-state index in [1.54, 1.807) is 7.11 Å². The van der Waals surface area contributed by atoms with Crippen molar-refractivity contribution in [3.8, 4) is 0 Å². The van der Waals surface area contributed by atoms with Gasteiger partial charge in [0.1, 0.15) is 0 Å². The first-order chi connectivity index (χ1) is 14.1. The molecular formula is C26H32O2Si. The summed E-state index contributed by atoms with van der Waals surface area (Å²) in [6, 6.07) is 28.0. The summed E-state index contributed by atoms with van der Waals surface area (Å²) in [6.45, 7) is 5.77. The first kappa shape index (κ1) is 21.5. The van der Waals surface area contributed by atoms with Gasteiger partial charge in [0.2, 0.25) is 0 Å². The van der Waals surface area contributed by atoms with Gasteiger partial charge in [0.15, 0.2) is 9.76 Å². The molecule has 0 unspecified atom stereocenters. The van der Waals surface area contributed by atoms with Gasteiger partial charge in [-0.05, 0) is 54.1 Å². The Bertz CT molecular complexity index is 836. The Labute approximate surface area is 177 Å². The minimum atomic E-state index is -0.792. The number of rotatable bonds is 10. The molecule has 29 heavy (non-hydrogen) atoms. The van der Waals surface area contributed by atoms with Gasteiger partial charge in [-0.1, -0.05) is 78.9 Å². The molecule has 0 saturated heterocycles. The van der Waals surface area contributed by atoms with E-state index >= 15 is 0 Å². The fraction of sp³-hybridized carbons (Fsp3) is 0.308. The van der Waals surface area contributed by atoms with Gasteiger partial charge in [-0.3, -0.25) is 0 Å². The topological polar surface area (TPSA) is 18.5 Å². The summed E-state index contributed by atoms with van der Waals surface area (Å²) in [5.74, 6) is 0. The molecule has 2 nitrogen and oxygen atoms in total. The van der Waals surface area contributed by atoms with Crippen LogP contribution in [0.3, 0.4) is 0 Å². The molecule has 0 spiro atoms. The molecule has 0 heterocycles. The van der Waals surface area contributed by atoms with Crippen molar-refractivity contribution in [2.75, 3.05) is 20.3 Å². The normalized spacial score (nSPS) is 12.0. The monoisotopic (exact) mass is 404 g/mol. The average molecular weight is 405 g/mol. The van der Waals surface area contributed by atoms with E-state index in [0.717, 1.165) is 12.8 Å². The molecule has 0 bridgehead atoms. The number of hydrogen-bond donors (Lipinski definition) is 0. The summed E-state index contributed by atoms with van der Waals surface area (Å²) in [4.78, 5) is 0. The number of benzene rings is 3. The van der Waals surface area contributed by atoms with Crippen molar-refractivity contribution in [2.45, 2.75) is 26.7 Å². The third-order valence-corrected chi connectivity index (χ3v) is 7.16. The standard InChI is InChI=1S/C26H32O2Si/c1-21-11-10-16-25(22(21)2)29-28-20-26(19-27-3,17-23-12-6-4-7-13-23)18-24-14-8-5-9-15-24/h4-16H,17-20,29H2,1-3H3. The van der Waals surface area contributed by atoms with E-state index in [9.17, 15) is 0 Å². The lowest BCUT2D eigenvalue weighted by Crippen LogP contribution is -2.38. The Hall–Kier alpha value is -2.20. The molecule has 3 heteroatoms. The predicted octanol–water partition coefficient (Wildman–Crippen LogP) is 4.15. The maximum absolute atomic E-state index is 6.48. The number of methoxy groups -OCH3 is 1. The van der Waals surface area contributed by atoms with Gasteiger partial charge >= 0.3 is 0 Å². The van der Waals surface area contributed by atoms with Crippen LogP contribution in [-0.2, 0) is 22.0 Å². The van der Waals surface area contributed by atoms with Gasteiger partial charge < -0.3 is 9.16 Å². The first-order valence-electron chi connectivity index (χ1n) is 10.3. The van der Waals surface area contributed by atoms with E-state index in [1.807, 2.05) is 0 Å². The molecule has 0 fully saturated rings. The van der Waals surface area contributed by atoms with Gasteiger partial charge in [-0.15, -0.1) is 0 Å². The van der Waals surface area contributed by atoms with E-state index < -0.39 is 9.76 Å². The highest BCUT2D eigenvalue weighted by molar-refractivity contribution is 6.47. The van der Waals surface area contributed by atoms with Crippen LogP contribution >= 0.6 is 0 Å². The Kier molecular flexibility index (Phi) is 7.81. The number of aryl methyl sites for hydroxylation is 1. The quantitative estimate of drug-likeness (QED) is 0.473. The van der Waals surface area contributed by atoms with Crippen LogP contribution in [0.5, 0.6) is 0 Å². The Balaban J connectivity index is 1.80. The maximum Gasteiger partial charge on any atom is 0.192 e. The fourth-order valence-electron chi connectivity index (χ4n) is 4.02. The highest BCUT2D eigenvalue weighted by Crippen LogP contribution is 2.29. The van der Waals surface area contributed by atoms with Crippen molar-refractivity contribution in [1.82, 2.24) is 0 Å². The van der Waals surface area contributed by atoms with Crippen molar-refractivity contribution in [3.05, 3.63) is 101 Å². The minimum Gasteiger partial charge on any atom is -0.418 e. The zero-order chi connectivity index (χ0) is 20.5. The molecule has 0 radical (unpaired) electrons. The largest absolute Gasteiger partial charge is 0.418 e. The van der Waals surface area contributed by atoms with E-state index in [0.29, 0.717) is 13.2 Å². The smallest absolute Gasteiger partial charge is 0.192 e. The Morgan fingerprint density at radius 1 is 0.724 bits per heavy atom. The van der Waals surface area contributed by atoms with Crippen molar-refractivity contribution in [3.63, 3.8) is 0 Å². The molecule has 3 rings (SSSR count). The summed E-state index contributed by atoms with van der Waals surface area (Å²) in [5, 5.41) is 1.40. The zero-order valence-corrected chi connectivity index (χ0v) is 19.3. The van der Waals surface area contributed by atoms with E-state index in [1.165, 1.54) is 27.4 Å². The molecule has 0 aromatic heterocycles. The van der Waals surface area contributed by atoms with E-state index in [2.05, 4.69) is 92.7 Å². The molecule has 0 amide bonds. The van der Waals surface area contributed by atoms with Crippen LogP contribution < -0.4 is 5.19 Å². The molecule has 0 aliphatic carbocycles. The minimum absolute atomic E-state index is 0.0812.